The summed E-state index contributed by atoms with van der Waals surface area (Å²) in [4.78, 5) is 4.09. The number of aromatic nitrogens is 1. The maximum Gasteiger partial charge on any atom is 0.495 e. The van der Waals surface area contributed by atoms with Gasteiger partial charge in [-0.3, -0.25) is 4.98 Å². The fourth-order valence-corrected chi connectivity index (χ4v) is 2.40. The van der Waals surface area contributed by atoms with Crippen molar-refractivity contribution >= 4 is 12.6 Å². The first-order chi connectivity index (χ1) is 7.42. The molecule has 15 heavy (non-hydrogen) atoms. The van der Waals surface area contributed by atoms with Gasteiger partial charge in [0.15, 0.2) is 0 Å². The van der Waals surface area contributed by atoms with E-state index in [1.165, 1.54) is 19.3 Å². The zero-order chi connectivity index (χ0) is 10.1. The lowest BCUT2D eigenvalue weighted by molar-refractivity contribution is -0.0102. The van der Waals surface area contributed by atoms with Crippen molar-refractivity contribution in [3.05, 3.63) is 24.5 Å². The molecule has 2 heterocycles. The number of nitrogens with zero attached hydrogens (tertiary/aromatic N) is 1. The number of hydrogen-bond acceptors (Lipinski definition) is 3. The summed E-state index contributed by atoms with van der Waals surface area (Å²) < 4.78 is 11.8. The highest BCUT2D eigenvalue weighted by molar-refractivity contribution is 6.61. The molecule has 1 aliphatic carbocycles. The minimum Gasteiger partial charge on any atom is -0.404 e. The summed E-state index contributed by atoms with van der Waals surface area (Å²) >= 11 is 0. The van der Waals surface area contributed by atoms with Gasteiger partial charge in [0.1, 0.15) is 0 Å². The molecule has 0 spiro atoms. The zero-order valence-corrected chi connectivity index (χ0v) is 8.63. The summed E-state index contributed by atoms with van der Waals surface area (Å²) in [5, 5.41) is 0. The third kappa shape index (κ3) is 1.92. The van der Waals surface area contributed by atoms with Crippen LogP contribution in [0, 0.1) is 0 Å². The molecule has 78 valence electrons. The van der Waals surface area contributed by atoms with E-state index in [4.69, 9.17) is 9.31 Å². The van der Waals surface area contributed by atoms with Crippen LogP contribution in [-0.4, -0.2) is 24.3 Å². The van der Waals surface area contributed by atoms with Crippen LogP contribution < -0.4 is 5.46 Å². The highest BCUT2D eigenvalue weighted by atomic mass is 16.6. The molecule has 1 saturated carbocycles. The van der Waals surface area contributed by atoms with Gasteiger partial charge in [0.05, 0.1) is 0 Å². The van der Waals surface area contributed by atoms with Crippen molar-refractivity contribution in [2.24, 2.45) is 0 Å². The number of fused-ring (bicyclic) bond motifs is 2. The average molecular weight is 203 g/mol. The fraction of sp³-hybridized carbons (Fsp3) is 0.545. The normalized spacial score (nSPS) is 30.3. The standard InChI is InChI=1S/C11H14BNO2/c1-4-10-7-11(5-1)15-12(14-10)9-3-2-6-13-8-9/h2-3,6,8,10-11H,1,4-5,7H2/t10-,11-/m1/s1. The fourth-order valence-electron chi connectivity index (χ4n) is 2.40. The molecule has 1 aromatic heterocycles. The van der Waals surface area contributed by atoms with E-state index in [-0.39, 0.29) is 7.12 Å². The predicted octanol–water partition coefficient (Wildman–Crippen LogP) is 1.13. The highest BCUT2D eigenvalue weighted by Gasteiger charge is 2.37. The summed E-state index contributed by atoms with van der Waals surface area (Å²) in [7, 11) is -0.192. The van der Waals surface area contributed by atoms with Gasteiger partial charge in [-0.05, 0) is 31.7 Å². The number of hydrogen-bond donors (Lipinski definition) is 0. The topological polar surface area (TPSA) is 31.4 Å². The maximum atomic E-state index is 5.88. The van der Waals surface area contributed by atoms with Gasteiger partial charge < -0.3 is 9.31 Å². The lowest BCUT2D eigenvalue weighted by atomic mass is 9.75. The number of pyridine rings is 1. The largest absolute Gasteiger partial charge is 0.495 e. The van der Waals surface area contributed by atoms with E-state index in [0.717, 1.165) is 11.9 Å². The molecular weight excluding hydrogens is 189 g/mol. The Hall–Kier alpha value is -0.865. The minimum absolute atomic E-state index is 0.192. The quantitative estimate of drug-likeness (QED) is 0.641. The number of rotatable bonds is 1. The van der Waals surface area contributed by atoms with Crippen LogP contribution in [0.3, 0.4) is 0 Å². The monoisotopic (exact) mass is 203 g/mol. The van der Waals surface area contributed by atoms with Crippen molar-refractivity contribution in [3.63, 3.8) is 0 Å². The summed E-state index contributed by atoms with van der Waals surface area (Å²) in [5.74, 6) is 0. The van der Waals surface area contributed by atoms with Crippen molar-refractivity contribution in [2.75, 3.05) is 0 Å². The van der Waals surface area contributed by atoms with Gasteiger partial charge in [-0.1, -0.05) is 6.07 Å². The van der Waals surface area contributed by atoms with Crippen molar-refractivity contribution in [3.8, 4) is 0 Å². The molecule has 3 rings (SSSR count). The minimum atomic E-state index is -0.192. The van der Waals surface area contributed by atoms with E-state index in [1.54, 1.807) is 6.20 Å². The predicted molar refractivity (Wildman–Crippen MR) is 57.8 cm³/mol. The van der Waals surface area contributed by atoms with Gasteiger partial charge in [0.2, 0.25) is 0 Å². The molecule has 2 aliphatic rings. The van der Waals surface area contributed by atoms with Gasteiger partial charge >= 0.3 is 7.12 Å². The average Bonchev–Trinajstić information content (AvgIpc) is 2.30. The smallest absolute Gasteiger partial charge is 0.404 e. The van der Waals surface area contributed by atoms with Gasteiger partial charge in [0.25, 0.3) is 0 Å². The second-order valence-electron chi connectivity index (χ2n) is 4.30. The lowest BCUT2D eigenvalue weighted by Crippen LogP contribution is -2.50. The first kappa shape index (κ1) is 9.37. The Labute approximate surface area is 89.9 Å². The van der Waals surface area contributed by atoms with Crippen LogP contribution in [0.15, 0.2) is 24.5 Å². The summed E-state index contributed by atoms with van der Waals surface area (Å²) in [6, 6.07) is 3.94. The lowest BCUT2D eigenvalue weighted by Gasteiger charge is -2.38. The molecular formula is C11H14BNO2. The molecule has 2 atom stereocenters. The third-order valence-corrected chi connectivity index (χ3v) is 3.17. The highest BCUT2D eigenvalue weighted by Crippen LogP contribution is 2.28. The Bertz CT molecular complexity index is 321. The Morgan fingerprint density at radius 3 is 2.73 bits per heavy atom. The van der Waals surface area contributed by atoms with Crippen LogP contribution in [0.5, 0.6) is 0 Å². The molecule has 0 unspecified atom stereocenters. The third-order valence-electron chi connectivity index (χ3n) is 3.17. The van der Waals surface area contributed by atoms with Crippen LogP contribution >= 0.6 is 0 Å². The van der Waals surface area contributed by atoms with E-state index in [0.29, 0.717) is 12.2 Å². The van der Waals surface area contributed by atoms with Crippen LogP contribution in [0.2, 0.25) is 0 Å². The Morgan fingerprint density at radius 1 is 1.27 bits per heavy atom. The molecule has 2 bridgehead atoms. The van der Waals surface area contributed by atoms with Gasteiger partial charge in [-0.15, -0.1) is 0 Å². The van der Waals surface area contributed by atoms with Gasteiger partial charge in [-0.2, -0.15) is 0 Å². The first-order valence-corrected chi connectivity index (χ1v) is 5.62. The van der Waals surface area contributed by atoms with Gasteiger partial charge in [-0.25, -0.2) is 0 Å². The van der Waals surface area contributed by atoms with Crippen LogP contribution in [-0.2, 0) is 9.31 Å². The molecule has 1 aliphatic heterocycles. The first-order valence-electron chi connectivity index (χ1n) is 5.62. The van der Waals surface area contributed by atoms with Crippen molar-refractivity contribution in [1.82, 2.24) is 4.98 Å². The maximum absolute atomic E-state index is 5.88. The SMILES string of the molecule is c1cncc(B2O[C@@H]3CCC[C@H](C3)O2)c1. The van der Waals surface area contributed by atoms with E-state index in [9.17, 15) is 0 Å². The molecule has 4 heteroatoms. The Morgan fingerprint density at radius 2 is 2.07 bits per heavy atom. The van der Waals surface area contributed by atoms with Crippen molar-refractivity contribution < 1.29 is 9.31 Å². The van der Waals surface area contributed by atoms with Crippen LogP contribution in [0.1, 0.15) is 25.7 Å². The van der Waals surface area contributed by atoms with E-state index in [2.05, 4.69) is 4.98 Å². The molecule has 0 aromatic carbocycles. The molecule has 0 amide bonds. The molecule has 2 fully saturated rings. The van der Waals surface area contributed by atoms with E-state index in [1.807, 2.05) is 18.3 Å². The Balaban J connectivity index is 1.78. The summed E-state index contributed by atoms with van der Waals surface area (Å²) in [6.07, 6.45) is 9.03. The van der Waals surface area contributed by atoms with Crippen molar-refractivity contribution in [1.29, 1.82) is 0 Å². The zero-order valence-electron chi connectivity index (χ0n) is 8.63. The molecule has 1 aromatic rings. The Kier molecular flexibility index (Phi) is 2.47. The van der Waals surface area contributed by atoms with Crippen LogP contribution in [0.25, 0.3) is 0 Å². The van der Waals surface area contributed by atoms with Crippen LogP contribution in [0.4, 0.5) is 0 Å². The summed E-state index contributed by atoms with van der Waals surface area (Å²) in [5.41, 5.74) is 1.04. The second kappa shape index (κ2) is 3.95. The second-order valence-corrected chi connectivity index (χ2v) is 4.30. The van der Waals surface area contributed by atoms with E-state index >= 15 is 0 Å². The summed E-state index contributed by atoms with van der Waals surface area (Å²) in [6.45, 7) is 0. The molecule has 0 radical (unpaired) electrons. The molecule has 3 nitrogen and oxygen atoms in total. The molecule has 0 N–H and O–H groups in total. The molecule has 1 saturated heterocycles. The van der Waals surface area contributed by atoms with Crippen molar-refractivity contribution in [2.45, 2.75) is 37.9 Å². The van der Waals surface area contributed by atoms with Gasteiger partial charge in [0, 0.05) is 30.1 Å². The van der Waals surface area contributed by atoms with E-state index < -0.39 is 0 Å².